The fourth-order valence-corrected chi connectivity index (χ4v) is 8.37. The van der Waals surface area contributed by atoms with Gasteiger partial charge in [0.05, 0.1) is 105 Å². The van der Waals surface area contributed by atoms with Crippen LogP contribution in [-0.2, 0) is 33.3 Å². The third-order valence-electron chi connectivity index (χ3n) is 12.1. The molecule has 0 aliphatic carbocycles. The summed E-state index contributed by atoms with van der Waals surface area (Å²) in [5, 5.41) is 15.3. The third-order valence-corrected chi connectivity index (χ3v) is 12.1. The van der Waals surface area contributed by atoms with E-state index in [4.69, 9.17) is 23.7 Å². The van der Waals surface area contributed by atoms with Crippen LogP contribution in [-0.4, -0.2) is 164 Å². The van der Waals surface area contributed by atoms with E-state index in [2.05, 4.69) is 41.5 Å². The first kappa shape index (κ1) is 52.0. The molecule has 6 amide bonds. The number of hydrogen-bond acceptors (Lipinski definition) is 17. The minimum atomic E-state index is -1.05. The number of carbonyl (C=O) groups excluding carboxylic acids is 7. The van der Waals surface area contributed by atoms with Gasteiger partial charge in [0.1, 0.15) is 35.6 Å². The predicted octanol–water partition coefficient (Wildman–Crippen LogP) is 3.98. The van der Waals surface area contributed by atoms with Crippen molar-refractivity contribution in [3.05, 3.63) is 95.6 Å². The number of ether oxygens (including phenoxy) is 5. The highest BCUT2D eigenvalue weighted by atomic mass is 19.1. The third kappa shape index (κ3) is 11.8. The van der Waals surface area contributed by atoms with Crippen LogP contribution in [0, 0.1) is 5.82 Å². The zero-order chi connectivity index (χ0) is 52.3. The predicted molar refractivity (Wildman–Crippen MR) is 266 cm³/mol. The smallest absolute Gasteiger partial charge is 0.264 e. The number of aromatic amines is 1. The van der Waals surface area contributed by atoms with Gasteiger partial charge < -0.3 is 54.8 Å². The number of aromatic nitrogens is 4. The Morgan fingerprint density at radius 3 is 2.28 bits per heavy atom. The largest absolute Gasteiger partial charge is 0.495 e. The Morgan fingerprint density at radius 1 is 0.838 bits per heavy atom. The number of H-pyrrole nitrogens is 1. The molecular formula is C50H54FN11O12. The van der Waals surface area contributed by atoms with Crippen LogP contribution < -0.4 is 31.3 Å². The molecule has 2 aliphatic rings. The van der Waals surface area contributed by atoms with E-state index in [-0.39, 0.29) is 98.2 Å². The van der Waals surface area contributed by atoms with Crippen molar-refractivity contribution in [2.75, 3.05) is 103 Å². The van der Waals surface area contributed by atoms with Crippen molar-refractivity contribution in [3.8, 4) is 5.75 Å². The van der Waals surface area contributed by atoms with E-state index in [0.29, 0.717) is 72.0 Å². The summed E-state index contributed by atoms with van der Waals surface area (Å²) in [5.41, 5.74) is 2.21. The van der Waals surface area contributed by atoms with E-state index in [1.54, 1.807) is 54.9 Å². The fraction of sp³-hybridized carbons (Fsp3) is 0.340. The minimum absolute atomic E-state index is 0.0386. The maximum Gasteiger partial charge on any atom is 0.264 e. The van der Waals surface area contributed by atoms with Crippen molar-refractivity contribution in [2.45, 2.75) is 25.3 Å². The molecule has 1 atom stereocenters. The summed E-state index contributed by atoms with van der Waals surface area (Å²) in [6, 6.07) is 15.0. The van der Waals surface area contributed by atoms with Crippen molar-refractivity contribution in [1.82, 2.24) is 40.0 Å². The van der Waals surface area contributed by atoms with Crippen molar-refractivity contribution < 1.29 is 61.6 Å². The van der Waals surface area contributed by atoms with Gasteiger partial charge in [-0.3, -0.25) is 48.3 Å². The zero-order valence-electron chi connectivity index (χ0n) is 40.7. The fourth-order valence-electron chi connectivity index (χ4n) is 8.37. The molecule has 0 bridgehead atoms. The molecule has 0 radical (unpaired) electrons. The number of likely N-dealkylation sites (N-methyl/N-ethyl adjacent to an activating group) is 1. The van der Waals surface area contributed by atoms with Gasteiger partial charge in [-0.05, 0) is 55.0 Å². The Kier molecular flexibility index (Phi) is 16.8. The molecular weight excluding hydrogens is 966 g/mol. The topological polar surface area (TPSA) is 279 Å². The number of piperidine rings is 1. The molecule has 388 valence electrons. The molecule has 3 aromatic carbocycles. The van der Waals surface area contributed by atoms with E-state index in [1.165, 1.54) is 48.9 Å². The van der Waals surface area contributed by atoms with Crippen molar-refractivity contribution >= 4 is 92.1 Å². The van der Waals surface area contributed by atoms with E-state index < -0.39 is 41.4 Å². The van der Waals surface area contributed by atoms with E-state index in [1.807, 2.05) is 0 Å². The lowest BCUT2D eigenvalue weighted by Crippen LogP contribution is -2.54. The van der Waals surface area contributed by atoms with Gasteiger partial charge in [-0.15, -0.1) is 0 Å². The Morgan fingerprint density at radius 2 is 1.55 bits per heavy atom. The van der Waals surface area contributed by atoms with Gasteiger partial charge in [-0.25, -0.2) is 4.39 Å². The number of fused-ring (bicyclic) bond motifs is 3. The number of hydrogen-bond donors (Lipinski definition) is 6. The normalized spacial score (nSPS) is 14.3. The molecule has 23 nitrogen and oxygen atoms in total. The van der Waals surface area contributed by atoms with Gasteiger partial charge in [0, 0.05) is 50.5 Å². The zero-order valence-corrected chi connectivity index (χ0v) is 40.7. The maximum atomic E-state index is 14.8. The van der Waals surface area contributed by atoms with Gasteiger partial charge in [0.25, 0.3) is 23.6 Å². The van der Waals surface area contributed by atoms with Crippen LogP contribution in [0.5, 0.6) is 5.75 Å². The molecule has 2 aliphatic heterocycles. The quantitative estimate of drug-likeness (QED) is 0.0350. The molecule has 3 aromatic heterocycles. The lowest BCUT2D eigenvalue weighted by molar-refractivity contribution is -0.136. The van der Waals surface area contributed by atoms with Gasteiger partial charge >= 0.3 is 0 Å². The summed E-state index contributed by atoms with van der Waals surface area (Å²) in [6.45, 7) is 2.29. The van der Waals surface area contributed by atoms with Crippen LogP contribution in [0.1, 0.15) is 55.1 Å². The molecule has 0 spiro atoms. The minimum Gasteiger partial charge on any atom is -0.495 e. The summed E-state index contributed by atoms with van der Waals surface area (Å²) in [4.78, 5) is 104. The molecule has 0 saturated carbocycles. The standard InChI is InChI=1S/C50H54FN11O12/c1-52-47(67)43-32(51)7-5-9-34(43)55-45-31-12-15-54-44(31)58-50(59-45)56-35-27-37-29(26-38(35)70-3)13-17-61(37)41(65)28-60(2)40(64)14-18-71-20-22-73-24-25-74-23-21-72-19-16-53-33-8-4-6-30-42(33)49(69)62(48(30)68)36-10-11-39(63)57-46(36)66/h4-9,12-13,15,17,26-27,36,53H,10-11,14,16,18-25,28H2,1-3H3,(H,52,67)(H,57,63,66)(H3,54,55,56,58,59). The molecule has 6 N–H and O–H groups in total. The average Bonchev–Trinajstić information content (AvgIpc) is 4.11. The Balaban J connectivity index is 0.716. The molecule has 6 aromatic rings. The number of rotatable bonds is 25. The summed E-state index contributed by atoms with van der Waals surface area (Å²) in [5.74, 6) is -3.43. The van der Waals surface area contributed by atoms with Crippen LogP contribution in [0.25, 0.3) is 21.9 Å². The van der Waals surface area contributed by atoms with Crippen molar-refractivity contribution in [3.63, 3.8) is 0 Å². The maximum absolute atomic E-state index is 14.8. The molecule has 74 heavy (non-hydrogen) atoms. The molecule has 8 rings (SSSR count). The lowest BCUT2D eigenvalue weighted by Gasteiger charge is -2.27. The summed E-state index contributed by atoms with van der Waals surface area (Å²) < 4.78 is 44.2. The van der Waals surface area contributed by atoms with E-state index in [0.717, 1.165) is 4.90 Å². The first-order valence-electron chi connectivity index (χ1n) is 23.6. The van der Waals surface area contributed by atoms with E-state index >= 15 is 0 Å². The van der Waals surface area contributed by atoms with Gasteiger partial charge in [0.2, 0.25) is 23.7 Å². The SMILES string of the molecule is CNC(=O)c1c(F)cccc1Nc1nc(Nc2cc3c(ccn3C(=O)CN(C)C(=O)CCOCCOCCOCCOCCNc3cccc4c3C(=O)N(C3CCC(=O)NC3=O)C4=O)cc2OC)nc2[nH]ccc12. The first-order chi connectivity index (χ1) is 35.9. The number of benzene rings is 3. The van der Waals surface area contributed by atoms with Crippen LogP contribution >= 0.6 is 0 Å². The monoisotopic (exact) mass is 1020 g/mol. The second-order valence-electron chi connectivity index (χ2n) is 16.9. The lowest BCUT2D eigenvalue weighted by atomic mass is 10.0. The van der Waals surface area contributed by atoms with E-state index in [9.17, 15) is 38.0 Å². The summed E-state index contributed by atoms with van der Waals surface area (Å²) in [7, 11) is 4.45. The number of nitrogens with zero attached hydrogens (tertiary/aromatic N) is 5. The molecule has 5 heterocycles. The number of imide groups is 2. The molecule has 1 saturated heterocycles. The average molecular weight is 1020 g/mol. The highest BCUT2D eigenvalue weighted by Crippen LogP contribution is 2.35. The Bertz CT molecular complexity index is 3110. The Labute approximate surface area is 422 Å². The highest BCUT2D eigenvalue weighted by Gasteiger charge is 2.45. The highest BCUT2D eigenvalue weighted by molar-refractivity contribution is 6.25. The number of halogens is 1. The summed E-state index contributed by atoms with van der Waals surface area (Å²) in [6.07, 6.45) is 3.44. The van der Waals surface area contributed by atoms with Crippen LogP contribution in [0.3, 0.4) is 0 Å². The second-order valence-corrected chi connectivity index (χ2v) is 16.9. The van der Waals surface area contributed by atoms with Crippen molar-refractivity contribution in [1.29, 1.82) is 0 Å². The number of anilines is 5. The van der Waals surface area contributed by atoms with Gasteiger partial charge in [-0.1, -0.05) is 12.1 Å². The van der Waals surface area contributed by atoms with Crippen LogP contribution in [0.4, 0.5) is 33.2 Å². The molecule has 24 heteroatoms. The number of nitrogens with one attached hydrogen (secondary N) is 6. The van der Waals surface area contributed by atoms with Crippen LogP contribution in [0.2, 0.25) is 0 Å². The number of methoxy groups -OCH3 is 1. The van der Waals surface area contributed by atoms with Gasteiger partial charge in [-0.2, -0.15) is 9.97 Å². The molecule has 1 unspecified atom stereocenters. The second kappa shape index (κ2) is 23.9. The Hall–Kier alpha value is -8.32. The van der Waals surface area contributed by atoms with Gasteiger partial charge in [0.15, 0.2) is 0 Å². The van der Waals surface area contributed by atoms with Crippen LogP contribution in [0.15, 0.2) is 73.1 Å². The molecule has 1 fully saturated rings. The number of amides is 6. The summed E-state index contributed by atoms with van der Waals surface area (Å²) >= 11 is 0. The first-order valence-corrected chi connectivity index (χ1v) is 23.6. The van der Waals surface area contributed by atoms with Crippen molar-refractivity contribution in [2.24, 2.45) is 0 Å². The number of carbonyl (C=O) groups is 7.